The summed E-state index contributed by atoms with van der Waals surface area (Å²) in [7, 11) is 0. The van der Waals surface area contributed by atoms with Gasteiger partial charge in [0, 0.05) is 32.7 Å². The highest BCUT2D eigenvalue weighted by molar-refractivity contribution is 5.74. The molecule has 2 aliphatic heterocycles. The molecule has 2 saturated heterocycles. The second-order valence-corrected chi connectivity index (χ2v) is 6.26. The Hall–Kier alpha value is -1.53. The minimum atomic E-state index is 0.0292. The van der Waals surface area contributed by atoms with E-state index in [0.717, 1.165) is 64.4 Å². The standard InChI is InChI=1S/C17H27N3O3/c21-17(18-7-9-19-10-13-22-14-11-19)20-8-3-1-2-5-15(20)16-6-4-12-23-16/h4,6,12,15H,1-3,5,7-11,13-14H2,(H,18,21). The zero-order chi connectivity index (χ0) is 15.9. The van der Waals surface area contributed by atoms with Crippen LogP contribution in [0, 0.1) is 0 Å². The van der Waals surface area contributed by atoms with E-state index in [2.05, 4.69) is 10.2 Å². The zero-order valence-corrected chi connectivity index (χ0v) is 13.7. The maximum atomic E-state index is 12.6. The highest BCUT2D eigenvalue weighted by atomic mass is 16.5. The van der Waals surface area contributed by atoms with Crippen molar-refractivity contribution in [3.63, 3.8) is 0 Å². The lowest BCUT2D eigenvalue weighted by molar-refractivity contribution is 0.0385. The van der Waals surface area contributed by atoms with Gasteiger partial charge in [0.25, 0.3) is 0 Å². The first-order chi connectivity index (χ1) is 11.3. The predicted octanol–water partition coefficient (Wildman–Crippen LogP) is 2.24. The number of ether oxygens (including phenoxy) is 1. The van der Waals surface area contributed by atoms with Crippen LogP contribution in [0.3, 0.4) is 0 Å². The van der Waals surface area contributed by atoms with Gasteiger partial charge in [0.2, 0.25) is 0 Å². The first-order valence-corrected chi connectivity index (χ1v) is 8.72. The van der Waals surface area contributed by atoms with Crippen molar-refractivity contribution in [2.75, 3.05) is 45.9 Å². The SMILES string of the molecule is O=C(NCCN1CCOCC1)N1CCCCCC1c1ccco1. The van der Waals surface area contributed by atoms with Crippen molar-refractivity contribution < 1.29 is 13.9 Å². The Morgan fingerprint density at radius 1 is 1.22 bits per heavy atom. The van der Waals surface area contributed by atoms with Crippen molar-refractivity contribution >= 4 is 6.03 Å². The predicted molar refractivity (Wildman–Crippen MR) is 87.3 cm³/mol. The molecule has 23 heavy (non-hydrogen) atoms. The molecule has 1 aromatic heterocycles. The van der Waals surface area contributed by atoms with Crippen molar-refractivity contribution in [1.29, 1.82) is 0 Å². The van der Waals surface area contributed by atoms with Crippen molar-refractivity contribution in [3.8, 4) is 0 Å². The summed E-state index contributed by atoms with van der Waals surface area (Å²) in [5.74, 6) is 0.898. The lowest BCUT2D eigenvalue weighted by Crippen LogP contribution is -2.46. The lowest BCUT2D eigenvalue weighted by Gasteiger charge is -2.30. The second kappa shape index (κ2) is 8.36. The van der Waals surface area contributed by atoms with Gasteiger partial charge in [-0.2, -0.15) is 0 Å². The van der Waals surface area contributed by atoms with Gasteiger partial charge in [-0.15, -0.1) is 0 Å². The summed E-state index contributed by atoms with van der Waals surface area (Å²) in [6.07, 6.45) is 6.05. The Morgan fingerprint density at radius 3 is 2.87 bits per heavy atom. The molecule has 2 aliphatic rings. The number of carbonyl (C=O) groups is 1. The Balaban J connectivity index is 1.52. The minimum absolute atomic E-state index is 0.0292. The van der Waals surface area contributed by atoms with Gasteiger partial charge in [-0.05, 0) is 25.0 Å². The third-order valence-electron chi connectivity index (χ3n) is 4.69. The maximum Gasteiger partial charge on any atom is 0.318 e. The quantitative estimate of drug-likeness (QED) is 0.924. The van der Waals surface area contributed by atoms with E-state index in [9.17, 15) is 4.79 Å². The van der Waals surface area contributed by atoms with Crippen molar-refractivity contribution in [2.24, 2.45) is 0 Å². The number of hydrogen-bond acceptors (Lipinski definition) is 4. The van der Waals surface area contributed by atoms with Crippen molar-refractivity contribution in [2.45, 2.75) is 31.7 Å². The summed E-state index contributed by atoms with van der Waals surface area (Å²) in [6, 6.07) is 3.97. The first kappa shape index (κ1) is 16.3. The summed E-state index contributed by atoms with van der Waals surface area (Å²) in [6.45, 7) is 5.85. The van der Waals surface area contributed by atoms with Crippen LogP contribution in [0.1, 0.15) is 37.5 Å². The van der Waals surface area contributed by atoms with Crippen LogP contribution in [0.15, 0.2) is 22.8 Å². The smallest absolute Gasteiger partial charge is 0.318 e. The average molecular weight is 321 g/mol. The Labute approximate surface area is 137 Å². The molecule has 0 spiro atoms. The van der Waals surface area contributed by atoms with E-state index in [0.29, 0.717) is 6.54 Å². The van der Waals surface area contributed by atoms with E-state index in [4.69, 9.17) is 9.15 Å². The molecule has 1 unspecified atom stereocenters. The topological polar surface area (TPSA) is 58.0 Å². The van der Waals surface area contributed by atoms with Gasteiger partial charge in [-0.3, -0.25) is 4.90 Å². The van der Waals surface area contributed by atoms with Gasteiger partial charge >= 0.3 is 6.03 Å². The fraction of sp³-hybridized carbons (Fsp3) is 0.706. The minimum Gasteiger partial charge on any atom is -0.467 e. The fourth-order valence-corrected chi connectivity index (χ4v) is 3.38. The molecule has 2 fully saturated rings. The Kier molecular flexibility index (Phi) is 5.93. The van der Waals surface area contributed by atoms with Crippen LogP contribution in [0.2, 0.25) is 0 Å². The number of furan rings is 1. The van der Waals surface area contributed by atoms with E-state index in [-0.39, 0.29) is 12.1 Å². The van der Waals surface area contributed by atoms with Crippen LogP contribution in [-0.4, -0.2) is 61.8 Å². The van der Waals surface area contributed by atoms with Crippen LogP contribution in [-0.2, 0) is 4.74 Å². The highest BCUT2D eigenvalue weighted by Crippen LogP contribution is 2.30. The van der Waals surface area contributed by atoms with Crippen LogP contribution < -0.4 is 5.32 Å². The molecule has 3 heterocycles. The molecule has 1 N–H and O–H groups in total. The number of urea groups is 1. The molecule has 1 aromatic rings. The summed E-state index contributed by atoms with van der Waals surface area (Å²) in [5, 5.41) is 3.08. The number of morpholine rings is 1. The summed E-state index contributed by atoms with van der Waals surface area (Å²) < 4.78 is 10.9. The zero-order valence-electron chi connectivity index (χ0n) is 13.7. The van der Waals surface area contributed by atoms with Gasteiger partial charge in [0.15, 0.2) is 0 Å². The van der Waals surface area contributed by atoms with E-state index in [1.165, 1.54) is 6.42 Å². The molecule has 0 bridgehead atoms. The van der Waals surface area contributed by atoms with Gasteiger partial charge in [-0.25, -0.2) is 4.79 Å². The number of nitrogens with zero attached hydrogens (tertiary/aromatic N) is 2. The van der Waals surface area contributed by atoms with E-state index < -0.39 is 0 Å². The van der Waals surface area contributed by atoms with Crippen LogP contribution in [0.4, 0.5) is 4.79 Å². The molecule has 6 nitrogen and oxygen atoms in total. The molecule has 0 aliphatic carbocycles. The first-order valence-electron chi connectivity index (χ1n) is 8.72. The summed E-state index contributed by atoms with van der Waals surface area (Å²) in [4.78, 5) is 16.9. The third kappa shape index (κ3) is 4.48. The van der Waals surface area contributed by atoms with Gasteiger partial charge < -0.3 is 19.4 Å². The number of likely N-dealkylation sites (tertiary alicyclic amines) is 1. The molecule has 2 amide bonds. The van der Waals surface area contributed by atoms with Gasteiger partial charge in [0.05, 0.1) is 25.5 Å². The summed E-state index contributed by atoms with van der Waals surface area (Å²) >= 11 is 0. The number of hydrogen-bond donors (Lipinski definition) is 1. The largest absolute Gasteiger partial charge is 0.467 e. The Bertz CT molecular complexity index is 471. The lowest BCUT2D eigenvalue weighted by atomic mass is 10.1. The summed E-state index contributed by atoms with van der Waals surface area (Å²) in [5.41, 5.74) is 0. The second-order valence-electron chi connectivity index (χ2n) is 6.26. The van der Waals surface area contributed by atoms with E-state index in [1.807, 2.05) is 17.0 Å². The number of rotatable bonds is 4. The molecule has 0 saturated carbocycles. The molecule has 1 atom stereocenters. The van der Waals surface area contributed by atoms with Crippen LogP contribution in [0.25, 0.3) is 0 Å². The monoisotopic (exact) mass is 321 g/mol. The maximum absolute atomic E-state index is 12.6. The fourth-order valence-electron chi connectivity index (χ4n) is 3.38. The van der Waals surface area contributed by atoms with Crippen LogP contribution >= 0.6 is 0 Å². The van der Waals surface area contributed by atoms with Gasteiger partial charge in [0.1, 0.15) is 5.76 Å². The highest BCUT2D eigenvalue weighted by Gasteiger charge is 2.28. The van der Waals surface area contributed by atoms with Crippen LogP contribution in [0.5, 0.6) is 0 Å². The van der Waals surface area contributed by atoms with Gasteiger partial charge in [-0.1, -0.05) is 12.8 Å². The molecule has 0 radical (unpaired) electrons. The van der Waals surface area contributed by atoms with Crippen molar-refractivity contribution in [1.82, 2.24) is 15.1 Å². The molecule has 3 rings (SSSR count). The van der Waals surface area contributed by atoms with Crippen molar-refractivity contribution in [3.05, 3.63) is 24.2 Å². The molecular weight excluding hydrogens is 294 g/mol. The average Bonchev–Trinajstić information content (AvgIpc) is 3.00. The van der Waals surface area contributed by atoms with E-state index >= 15 is 0 Å². The number of nitrogens with one attached hydrogen (secondary N) is 1. The molecule has 0 aromatic carbocycles. The third-order valence-corrected chi connectivity index (χ3v) is 4.69. The molecular formula is C17H27N3O3. The number of carbonyl (C=O) groups excluding carboxylic acids is 1. The normalized spacial score (nSPS) is 23.5. The molecule has 128 valence electrons. The van der Waals surface area contributed by atoms with E-state index in [1.54, 1.807) is 6.26 Å². The Morgan fingerprint density at radius 2 is 2.09 bits per heavy atom. The molecule has 6 heteroatoms. The number of amides is 2.